The first-order valence-electron chi connectivity index (χ1n) is 10.6. The van der Waals surface area contributed by atoms with Crippen molar-refractivity contribution >= 4 is 0 Å². The van der Waals surface area contributed by atoms with Crippen LogP contribution in [0.25, 0.3) is 11.1 Å². The van der Waals surface area contributed by atoms with E-state index in [0.717, 1.165) is 25.7 Å². The maximum absolute atomic E-state index is 15.4. The molecule has 1 aliphatic carbocycles. The summed E-state index contributed by atoms with van der Waals surface area (Å²) in [5.41, 5.74) is -0.0347. The fraction of sp³-hybridized carbons (Fsp3) is 0.500. The Morgan fingerprint density at radius 3 is 2.20 bits per heavy atom. The van der Waals surface area contributed by atoms with Crippen molar-refractivity contribution < 1.29 is 27.0 Å². The van der Waals surface area contributed by atoms with Crippen molar-refractivity contribution in [2.24, 2.45) is 0 Å². The van der Waals surface area contributed by atoms with Crippen LogP contribution in [0.4, 0.5) is 17.6 Å². The predicted molar refractivity (Wildman–Crippen MR) is 107 cm³/mol. The van der Waals surface area contributed by atoms with Gasteiger partial charge in [0.2, 0.25) is 0 Å². The maximum atomic E-state index is 15.4. The van der Waals surface area contributed by atoms with Crippen molar-refractivity contribution in [3.8, 4) is 16.9 Å². The minimum absolute atomic E-state index is 0.132. The van der Waals surface area contributed by atoms with E-state index in [0.29, 0.717) is 12.2 Å². The highest BCUT2D eigenvalue weighted by Crippen LogP contribution is 2.52. The Labute approximate surface area is 174 Å². The molecule has 4 unspecified atom stereocenters. The van der Waals surface area contributed by atoms with Gasteiger partial charge in [-0.25, -0.2) is 17.6 Å². The number of hydrogen-bond donors (Lipinski definition) is 0. The van der Waals surface area contributed by atoms with E-state index in [1.807, 2.05) is 0 Å². The molecule has 0 saturated carbocycles. The second-order valence-electron chi connectivity index (χ2n) is 8.02. The molecule has 1 aliphatic heterocycles. The first kappa shape index (κ1) is 21.2. The molecule has 1 fully saturated rings. The highest BCUT2D eigenvalue weighted by atomic mass is 19.2. The van der Waals surface area contributed by atoms with Gasteiger partial charge in [0.15, 0.2) is 23.9 Å². The van der Waals surface area contributed by atoms with Crippen LogP contribution in [0.2, 0.25) is 0 Å². The van der Waals surface area contributed by atoms with E-state index >= 15 is 8.78 Å². The van der Waals surface area contributed by atoms with Crippen LogP contribution in [0.3, 0.4) is 0 Å². The summed E-state index contributed by atoms with van der Waals surface area (Å²) < 4.78 is 71.2. The average Bonchev–Trinajstić information content (AvgIpc) is 2.74. The van der Waals surface area contributed by atoms with Gasteiger partial charge >= 0.3 is 0 Å². The minimum atomic E-state index is -2.30. The van der Waals surface area contributed by atoms with Crippen molar-refractivity contribution in [3.05, 3.63) is 52.6 Å². The van der Waals surface area contributed by atoms with E-state index in [9.17, 15) is 8.78 Å². The van der Waals surface area contributed by atoms with Gasteiger partial charge in [0.25, 0.3) is 0 Å². The summed E-state index contributed by atoms with van der Waals surface area (Å²) >= 11 is 0. The average molecular weight is 422 g/mol. The number of hydrogen-bond acceptors (Lipinski definition) is 2. The smallest absolute Gasteiger partial charge is 0.171 e. The molecule has 2 aromatic rings. The molecule has 1 heterocycles. The van der Waals surface area contributed by atoms with E-state index in [4.69, 9.17) is 9.47 Å². The lowest BCUT2D eigenvalue weighted by Crippen LogP contribution is -2.26. The molecule has 4 atom stereocenters. The van der Waals surface area contributed by atoms with Crippen LogP contribution in [0.15, 0.2) is 24.3 Å². The highest BCUT2D eigenvalue weighted by molar-refractivity contribution is 5.76. The first-order chi connectivity index (χ1) is 14.5. The molecule has 2 aliphatic rings. The monoisotopic (exact) mass is 422 g/mol. The Morgan fingerprint density at radius 1 is 0.933 bits per heavy atom. The normalized spacial score (nSPS) is 25.5. The molecule has 162 valence electrons. The van der Waals surface area contributed by atoms with Crippen LogP contribution in [0, 0.1) is 11.6 Å². The highest BCUT2D eigenvalue weighted by Gasteiger charge is 2.40. The zero-order valence-corrected chi connectivity index (χ0v) is 17.2. The Balaban J connectivity index is 1.73. The Hall–Kier alpha value is -2.08. The lowest BCUT2D eigenvalue weighted by Gasteiger charge is -2.32. The lowest BCUT2D eigenvalue weighted by atomic mass is 9.79. The molecule has 4 rings (SSSR count). The lowest BCUT2D eigenvalue weighted by molar-refractivity contribution is -0.00181. The minimum Gasteiger partial charge on any atom is -0.491 e. The number of benzene rings is 2. The topological polar surface area (TPSA) is 18.5 Å². The zero-order valence-electron chi connectivity index (χ0n) is 17.2. The largest absolute Gasteiger partial charge is 0.491 e. The van der Waals surface area contributed by atoms with Gasteiger partial charge in [-0.05, 0) is 48.9 Å². The number of ether oxygens (including phenoxy) is 2. The van der Waals surface area contributed by atoms with E-state index < -0.39 is 29.5 Å². The van der Waals surface area contributed by atoms with Gasteiger partial charge in [-0.15, -0.1) is 0 Å². The second-order valence-corrected chi connectivity index (χ2v) is 8.02. The summed E-state index contributed by atoms with van der Waals surface area (Å²) in [5, 5.41) is 0. The molecule has 6 heteroatoms. The van der Waals surface area contributed by atoms with Crippen LogP contribution in [0.5, 0.6) is 5.75 Å². The first-order valence-corrected chi connectivity index (χ1v) is 10.6. The second kappa shape index (κ2) is 8.58. The van der Waals surface area contributed by atoms with E-state index in [1.165, 1.54) is 12.1 Å². The van der Waals surface area contributed by atoms with Crippen molar-refractivity contribution in [1.29, 1.82) is 0 Å². The Morgan fingerprint density at radius 2 is 1.60 bits per heavy atom. The molecule has 0 amide bonds. The van der Waals surface area contributed by atoms with Gasteiger partial charge in [0.1, 0.15) is 5.82 Å². The summed E-state index contributed by atoms with van der Waals surface area (Å²) in [5.74, 6) is -2.01. The van der Waals surface area contributed by atoms with Crippen molar-refractivity contribution in [1.82, 2.24) is 0 Å². The number of fused-ring (bicyclic) bond motifs is 3. The summed E-state index contributed by atoms with van der Waals surface area (Å²) in [4.78, 5) is 0. The molecule has 1 saturated heterocycles. The van der Waals surface area contributed by atoms with E-state index in [2.05, 4.69) is 6.92 Å². The Kier molecular flexibility index (Phi) is 6.05. The summed E-state index contributed by atoms with van der Waals surface area (Å²) in [6.45, 7) is 4.32. The van der Waals surface area contributed by atoms with Gasteiger partial charge < -0.3 is 9.47 Å². The van der Waals surface area contributed by atoms with Gasteiger partial charge in [-0.2, -0.15) is 0 Å². The summed E-state index contributed by atoms with van der Waals surface area (Å²) in [7, 11) is 0. The van der Waals surface area contributed by atoms with Crippen LogP contribution in [-0.4, -0.2) is 19.3 Å². The van der Waals surface area contributed by atoms with Gasteiger partial charge in [-0.1, -0.05) is 31.5 Å². The molecule has 2 aromatic carbocycles. The van der Waals surface area contributed by atoms with Crippen molar-refractivity contribution in [2.45, 2.75) is 63.9 Å². The standard InChI is InChI=1S/C24H26F4O2/c1-3-5-14-7-6-13(12-30-14)15-8-9-16-17-10-11-18(29-4-2)22(26)20(17)24(28)23(27)19(16)21(15)25/h8-11,13-14,23-24H,3-7,12H2,1-2H3. The SMILES string of the molecule is CCCC1CCC(c2ccc3c(c2F)C(F)C(F)c2c-3ccc(OCC)c2F)CO1. The Bertz CT molecular complexity index is 922. The van der Waals surface area contributed by atoms with Gasteiger partial charge in [-0.3, -0.25) is 0 Å². The number of alkyl halides is 2. The van der Waals surface area contributed by atoms with Crippen LogP contribution < -0.4 is 4.74 Å². The molecule has 0 aromatic heterocycles. The van der Waals surface area contributed by atoms with Crippen LogP contribution in [-0.2, 0) is 4.74 Å². The molecule has 0 radical (unpaired) electrons. The number of rotatable bonds is 5. The zero-order chi connectivity index (χ0) is 21.4. The predicted octanol–water partition coefficient (Wildman–Crippen LogP) is 7.13. The third-order valence-corrected chi connectivity index (χ3v) is 6.17. The van der Waals surface area contributed by atoms with E-state index in [1.54, 1.807) is 19.1 Å². The molecule has 0 bridgehead atoms. The molecular weight excluding hydrogens is 396 g/mol. The van der Waals surface area contributed by atoms with Crippen molar-refractivity contribution in [2.75, 3.05) is 13.2 Å². The fourth-order valence-electron chi connectivity index (χ4n) is 4.67. The molecule has 2 nitrogen and oxygen atoms in total. The fourth-order valence-corrected chi connectivity index (χ4v) is 4.67. The third-order valence-electron chi connectivity index (χ3n) is 6.17. The van der Waals surface area contributed by atoms with Crippen LogP contribution in [0.1, 0.15) is 74.5 Å². The summed E-state index contributed by atoms with van der Waals surface area (Å²) in [6, 6.07) is 6.02. The molecular formula is C24H26F4O2. The maximum Gasteiger partial charge on any atom is 0.171 e. The molecule has 0 N–H and O–H groups in total. The summed E-state index contributed by atoms with van der Waals surface area (Å²) in [6.07, 6.45) is -0.879. The van der Waals surface area contributed by atoms with Crippen LogP contribution >= 0.6 is 0 Å². The molecule has 30 heavy (non-hydrogen) atoms. The van der Waals surface area contributed by atoms with Crippen molar-refractivity contribution in [3.63, 3.8) is 0 Å². The van der Waals surface area contributed by atoms with Gasteiger partial charge in [0.05, 0.1) is 19.3 Å². The third kappa shape index (κ3) is 3.49. The quantitative estimate of drug-likeness (QED) is 0.477. The number of halogens is 4. The molecule has 0 spiro atoms. The van der Waals surface area contributed by atoms with Gasteiger partial charge in [0, 0.05) is 17.0 Å². The van der Waals surface area contributed by atoms with E-state index in [-0.39, 0.29) is 41.1 Å².